The lowest BCUT2D eigenvalue weighted by atomic mass is 10.2. The molecule has 6 nitrogen and oxygen atoms in total. The van der Waals surface area contributed by atoms with Gasteiger partial charge in [0.1, 0.15) is 0 Å². The van der Waals surface area contributed by atoms with Crippen molar-refractivity contribution in [3.8, 4) is 22.9 Å². The molecule has 0 N–H and O–H groups in total. The van der Waals surface area contributed by atoms with Crippen molar-refractivity contribution in [2.24, 2.45) is 0 Å². The molecule has 5 rings (SSSR count). The van der Waals surface area contributed by atoms with Gasteiger partial charge in [-0.05, 0) is 42.0 Å². The number of rotatable bonds is 7. The van der Waals surface area contributed by atoms with Crippen LogP contribution in [0.3, 0.4) is 0 Å². The molecule has 8 heteroatoms. The molecule has 0 aliphatic heterocycles. The summed E-state index contributed by atoms with van der Waals surface area (Å²) in [4.78, 5) is 4.40. The summed E-state index contributed by atoms with van der Waals surface area (Å²) in [5, 5.41) is 10.2. The molecule has 0 saturated carbocycles. The van der Waals surface area contributed by atoms with E-state index in [1.165, 1.54) is 11.8 Å². The van der Waals surface area contributed by atoms with Gasteiger partial charge in [0.15, 0.2) is 16.7 Å². The van der Waals surface area contributed by atoms with Crippen LogP contribution >= 0.6 is 23.4 Å². The van der Waals surface area contributed by atoms with Crippen LogP contribution in [0, 0.1) is 0 Å². The van der Waals surface area contributed by atoms with E-state index in [-0.39, 0.29) is 0 Å². The second-order valence-electron chi connectivity index (χ2n) is 6.77. The van der Waals surface area contributed by atoms with E-state index in [1.54, 1.807) is 12.5 Å². The maximum absolute atomic E-state index is 5.96. The third kappa shape index (κ3) is 4.42. The van der Waals surface area contributed by atoms with E-state index in [0.29, 0.717) is 40.6 Å². The molecule has 0 radical (unpaired) electrons. The Hall–Kier alpha value is -3.29. The van der Waals surface area contributed by atoms with E-state index < -0.39 is 0 Å². The van der Waals surface area contributed by atoms with Gasteiger partial charge in [0, 0.05) is 10.6 Å². The standard InChI is InChI=1S/C23H17ClN4O2S/c24-18-10-8-17(9-11-18)20-13-25-21(30-20)15-31-23-27-26-22(19-7-4-12-29-19)28(23)14-16-5-2-1-3-6-16/h1-13H,14-15H2. The van der Waals surface area contributed by atoms with Crippen LogP contribution in [0.25, 0.3) is 22.9 Å². The monoisotopic (exact) mass is 448 g/mol. The summed E-state index contributed by atoms with van der Waals surface area (Å²) in [6.45, 7) is 0.633. The van der Waals surface area contributed by atoms with Gasteiger partial charge < -0.3 is 8.83 Å². The molecule has 0 atom stereocenters. The van der Waals surface area contributed by atoms with Gasteiger partial charge >= 0.3 is 0 Å². The Labute approximate surface area is 187 Å². The minimum absolute atomic E-state index is 0.526. The van der Waals surface area contributed by atoms with Gasteiger partial charge in [-0.2, -0.15) is 0 Å². The predicted octanol–water partition coefficient (Wildman–Crippen LogP) is 6.19. The Bertz CT molecular complexity index is 1260. The average molecular weight is 449 g/mol. The van der Waals surface area contributed by atoms with Gasteiger partial charge in [-0.25, -0.2) is 4.98 Å². The van der Waals surface area contributed by atoms with Crippen LogP contribution in [-0.2, 0) is 12.3 Å². The Morgan fingerprint density at radius 3 is 2.52 bits per heavy atom. The number of nitrogens with zero attached hydrogens (tertiary/aromatic N) is 4. The van der Waals surface area contributed by atoms with Gasteiger partial charge in [-0.1, -0.05) is 53.7 Å². The molecule has 0 aliphatic rings. The predicted molar refractivity (Wildman–Crippen MR) is 120 cm³/mol. The molecule has 0 bridgehead atoms. The van der Waals surface area contributed by atoms with Crippen molar-refractivity contribution < 1.29 is 8.83 Å². The number of oxazole rings is 1. The highest BCUT2D eigenvalue weighted by atomic mass is 35.5. The molecule has 154 valence electrons. The quantitative estimate of drug-likeness (QED) is 0.276. The first-order valence-electron chi connectivity index (χ1n) is 9.61. The molecular weight excluding hydrogens is 432 g/mol. The molecule has 0 unspecified atom stereocenters. The lowest BCUT2D eigenvalue weighted by molar-refractivity contribution is 0.529. The highest BCUT2D eigenvalue weighted by Gasteiger charge is 2.18. The minimum atomic E-state index is 0.526. The zero-order valence-electron chi connectivity index (χ0n) is 16.3. The molecular formula is C23H17ClN4O2S. The van der Waals surface area contributed by atoms with Gasteiger partial charge in [0.05, 0.1) is 24.8 Å². The van der Waals surface area contributed by atoms with Crippen LogP contribution in [0.15, 0.2) is 93.2 Å². The van der Waals surface area contributed by atoms with Gasteiger partial charge in [0.2, 0.25) is 11.7 Å². The molecule has 3 aromatic heterocycles. The van der Waals surface area contributed by atoms with E-state index in [0.717, 1.165) is 16.3 Å². The molecule has 0 aliphatic carbocycles. The molecule has 5 aromatic rings. The topological polar surface area (TPSA) is 69.9 Å². The number of halogens is 1. The lowest BCUT2D eigenvalue weighted by Crippen LogP contribution is -2.03. The molecule has 0 amide bonds. The number of hydrogen-bond acceptors (Lipinski definition) is 6. The van der Waals surface area contributed by atoms with E-state index in [2.05, 4.69) is 27.3 Å². The van der Waals surface area contributed by atoms with Crippen molar-refractivity contribution in [2.75, 3.05) is 0 Å². The van der Waals surface area contributed by atoms with Crippen molar-refractivity contribution >= 4 is 23.4 Å². The largest absolute Gasteiger partial charge is 0.461 e. The zero-order chi connectivity index (χ0) is 21.0. The first-order valence-corrected chi connectivity index (χ1v) is 11.0. The van der Waals surface area contributed by atoms with Crippen LogP contribution in [0.1, 0.15) is 11.5 Å². The maximum Gasteiger partial charge on any atom is 0.205 e. The maximum atomic E-state index is 5.96. The first kappa shape index (κ1) is 19.7. The van der Waals surface area contributed by atoms with E-state index in [9.17, 15) is 0 Å². The Kier molecular flexibility index (Phi) is 5.60. The highest BCUT2D eigenvalue weighted by molar-refractivity contribution is 7.98. The molecule has 31 heavy (non-hydrogen) atoms. The van der Waals surface area contributed by atoms with Crippen molar-refractivity contribution in [1.82, 2.24) is 19.7 Å². The highest BCUT2D eigenvalue weighted by Crippen LogP contribution is 2.29. The summed E-state index contributed by atoms with van der Waals surface area (Å²) >= 11 is 7.48. The van der Waals surface area contributed by atoms with Crippen molar-refractivity contribution in [3.63, 3.8) is 0 Å². The number of hydrogen-bond donors (Lipinski definition) is 0. The Morgan fingerprint density at radius 1 is 0.903 bits per heavy atom. The smallest absolute Gasteiger partial charge is 0.205 e. The molecule has 3 heterocycles. The van der Waals surface area contributed by atoms with E-state index in [1.807, 2.05) is 59.2 Å². The third-order valence-corrected chi connectivity index (χ3v) is 5.85. The summed E-state index contributed by atoms with van der Waals surface area (Å²) < 4.78 is 13.5. The van der Waals surface area contributed by atoms with E-state index >= 15 is 0 Å². The van der Waals surface area contributed by atoms with Crippen molar-refractivity contribution in [1.29, 1.82) is 0 Å². The third-order valence-electron chi connectivity index (χ3n) is 4.65. The Morgan fingerprint density at radius 2 is 1.74 bits per heavy atom. The lowest BCUT2D eigenvalue weighted by Gasteiger charge is -2.08. The molecule has 0 fully saturated rings. The summed E-state index contributed by atoms with van der Waals surface area (Å²) in [6.07, 6.45) is 3.36. The van der Waals surface area contributed by atoms with Crippen LogP contribution < -0.4 is 0 Å². The van der Waals surface area contributed by atoms with Crippen LogP contribution in [-0.4, -0.2) is 19.7 Å². The average Bonchev–Trinajstić information content (AvgIpc) is 3.55. The van der Waals surface area contributed by atoms with Crippen LogP contribution in [0.2, 0.25) is 5.02 Å². The van der Waals surface area contributed by atoms with Crippen molar-refractivity contribution in [2.45, 2.75) is 17.5 Å². The van der Waals surface area contributed by atoms with Crippen LogP contribution in [0.4, 0.5) is 0 Å². The van der Waals surface area contributed by atoms with E-state index in [4.69, 9.17) is 20.4 Å². The normalized spacial score (nSPS) is 11.1. The SMILES string of the molecule is Clc1ccc(-c2cnc(CSc3nnc(-c4ccco4)n3Cc3ccccc3)o2)cc1. The Balaban J connectivity index is 1.37. The zero-order valence-corrected chi connectivity index (χ0v) is 17.9. The minimum Gasteiger partial charge on any atom is -0.461 e. The number of aromatic nitrogens is 4. The molecule has 0 saturated heterocycles. The summed E-state index contributed by atoms with van der Waals surface area (Å²) in [5.41, 5.74) is 2.08. The molecule has 0 spiro atoms. The van der Waals surface area contributed by atoms with Crippen LogP contribution in [0.5, 0.6) is 0 Å². The fraction of sp³-hybridized carbons (Fsp3) is 0.0870. The number of benzene rings is 2. The first-order chi connectivity index (χ1) is 15.3. The fourth-order valence-electron chi connectivity index (χ4n) is 3.14. The van der Waals surface area contributed by atoms with Gasteiger partial charge in [-0.15, -0.1) is 10.2 Å². The van der Waals surface area contributed by atoms with Crippen molar-refractivity contribution in [3.05, 3.63) is 95.7 Å². The molecule has 2 aromatic carbocycles. The fourth-order valence-corrected chi connectivity index (χ4v) is 4.06. The summed E-state index contributed by atoms with van der Waals surface area (Å²) in [6, 6.07) is 21.4. The van der Waals surface area contributed by atoms with Gasteiger partial charge in [0.25, 0.3) is 0 Å². The summed E-state index contributed by atoms with van der Waals surface area (Å²) in [7, 11) is 0. The number of furan rings is 1. The number of thioether (sulfide) groups is 1. The second-order valence-corrected chi connectivity index (χ2v) is 8.15. The van der Waals surface area contributed by atoms with Gasteiger partial charge in [-0.3, -0.25) is 4.57 Å². The summed E-state index contributed by atoms with van der Waals surface area (Å²) in [5.74, 6) is 3.21. The second kappa shape index (κ2) is 8.83.